The van der Waals surface area contributed by atoms with E-state index in [1.807, 2.05) is 12.3 Å². The molecule has 1 unspecified atom stereocenters. The number of H-pyrrole nitrogens is 1. The number of fused-ring (bicyclic) bond motifs is 1. The summed E-state index contributed by atoms with van der Waals surface area (Å²) in [5.74, 6) is -0.419. The zero-order valence-corrected chi connectivity index (χ0v) is 20.0. The van der Waals surface area contributed by atoms with Gasteiger partial charge in [0.25, 0.3) is 0 Å². The topological polar surface area (TPSA) is 99.5 Å². The van der Waals surface area contributed by atoms with Crippen LogP contribution in [0.15, 0.2) is 39.9 Å². The molecule has 1 aromatic carbocycles. The van der Waals surface area contributed by atoms with Gasteiger partial charge in [-0.25, -0.2) is 12.8 Å². The Labute approximate surface area is 197 Å². The van der Waals surface area contributed by atoms with Gasteiger partial charge in [0.05, 0.1) is 5.92 Å². The first-order chi connectivity index (χ1) is 16.3. The fourth-order valence-corrected chi connectivity index (χ4v) is 6.89. The molecule has 1 amide bonds. The molecular weight excluding hydrogens is 459 g/mol. The Morgan fingerprint density at radius 2 is 2.09 bits per heavy atom. The monoisotopic (exact) mass is 486 g/mol. The number of sulfonamides is 1. The highest BCUT2D eigenvalue weighted by atomic mass is 32.2. The summed E-state index contributed by atoms with van der Waals surface area (Å²) >= 11 is 0. The van der Waals surface area contributed by atoms with E-state index in [0.717, 1.165) is 22.0 Å². The Hall–Kier alpha value is -2.98. The highest BCUT2D eigenvalue weighted by molar-refractivity contribution is 7.89. The normalized spacial score (nSPS) is 20.0. The maximum absolute atomic E-state index is 13.5. The van der Waals surface area contributed by atoms with Crippen LogP contribution in [0.1, 0.15) is 36.3 Å². The number of halogens is 1. The van der Waals surface area contributed by atoms with Crippen molar-refractivity contribution >= 4 is 32.4 Å². The van der Waals surface area contributed by atoms with E-state index in [2.05, 4.69) is 10.1 Å². The van der Waals surface area contributed by atoms with Gasteiger partial charge >= 0.3 is 0 Å². The van der Waals surface area contributed by atoms with Crippen molar-refractivity contribution in [1.29, 1.82) is 0 Å². The van der Waals surface area contributed by atoms with E-state index in [0.29, 0.717) is 44.6 Å². The summed E-state index contributed by atoms with van der Waals surface area (Å²) in [7, 11) is -3.78. The van der Waals surface area contributed by atoms with Crippen LogP contribution in [0, 0.1) is 25.6 Å². The molecule has 2 aliphatic rings. The average molecular weight is 487 g/mol. The van der Waals surface area contributed by atoms with Gasteiger partial charge in [0.1, 0.15) is 16.4 Å². The standard InChI is InChI=1S/C24H27FN4O4S/c1-15-23(16(2)33-27-15)34(31,32)29-9-3-4-18(14-29)24(30)28-10-7-17(8-11-28)21-13-26-22-12-19(25)5-6-20(21)22/h5-7,12-13,18,26H,3-4,8-11,14H2,1-2H3. The third-order valence-electron chi connectivity index (χ3n) is 6.81. The van der Waals surface area contributed by atoms with Gasteiger partial charge in [-0.05, 0) is 56.9 Å². The van der Waals surface area contributed by atoms with Crippen molar-refractivity contribution in [2.24, 2.45) is 5.92 Å². The van der Waals surface area contributed by atoms with E-state index in [4.69, 9.17) is 4.52 Å². The molecule has 2 aromatic heterocycles. The molecule has 180 valence electrons. The Morgan fingerprint density at radius 1 is 1.26 bits per heavy atom. The van der Waals surface area contributed by atoms with Gasteiger partial charge in [0, 0.05) is 48.8 Å². The molecule has 8 nitrogen and oxygen atoms in total. The Kier molecular flexibility index (Phi) is 5.81. The van der Waals surface area contributed by atoms with E-state index >= 15 is 0 Å². The molecule has 4 heterocycles. The smallest absolute Gasteiger partial charge is 0.248 e. The Morgan fingerprint density at radius 3 is 2.79 bits per heavy atom. The van der Waals surface area contributed by atoms with Crippen LogP contribution in [0.25, 0.3) is 16.5 Å². The number of rotatable bonds is 4. The first-order valence-corrected chi connectivity index (χ1v) is 12.9. The second kappa shape index (κ2) is 8.66. The number of nitrogens with zero attached hydrogens (tertiary/aromatic N) is 3. The number of aryl methyl sites for hydroxylation is 2. The van der Waals surface area contributed by atoms with Gasteiger partial charge in [-0.1, -0.05) is 11.2 Å². The number of hydrogen-bond donors (Lipinski definition) is 1. The molecular formula is C24H27FN4O4S. The van der Waals surface area contributed by atoms with E-state index in [-0.39, 0.29) is 34.8 Å². The number of aromatic amines is 1. The molecule has 0 spiro atoms. The van der Waals surface area contributed by atoms with Crippen molar-refractivity contribution < 1.29 is 22.1 Å². The van der Waals surface area contributed by atoms with E-state index < -0.39 is 10.0 Å². The number of nitrogens with one attached hydrogen (secondary N) is 1. The minimum Gasteiger partial charge on any atom is -0.360 e. The van der Waals surface area contributed by atoms with Crippen molar-refractivity contribution in [2.75, 3.05) is 26.2 Å². The predicted octanol–water partition coefficient (Wildman–Crippen LogP) is 3.63. The number of carbonyl (C=O) groups excluding carboxylic acids is 1. The van der Waals surface area contributed by atoms with E-state index in [9.17, 15) is 17.6 Å². The van der Waals surface area contributed by atoms with Gasteiger partial charge < -0.3 is 14.4 Å². The van der Waals surface area contributed by atoms with Gasteiger partial charge in [-0.15, -0.1) is 0 Å². The highest BCUT2D eigenvalue weighted by Gasteiger charge is 2.37. The molecule has 1 saturated heterocycles. The molecule has 34 heavy (non-hydrogen) atoms. The summed E-state index contributed by atoms with van der Waals surface area (Å²) in [5.41, 5.74) is 3.22. The van der Waals surface area contributed by atoms with Gasteiger partial charge in [0.2, 0.25) is 15.9 Å². The maximum Gasteiger partial charge on any atom is 0.248 e. The van der Waals surface area contributed by atoms with Crippen LogP contribution in [0.5, 0.6) is 0 Å². The van der Waals surface area contributed by atoms with Crippen LogP contribution >= 0.6 is 0 Å². The lowest BCUT2D eigenvalue weighted by molar-refractivity contribution is -0.136. The van der Waals surface area contributed by atoms with Crippen molar-refractivity contribution in [3.63, 3.8) is 0 Å². The van der Waals surface area contributed by atoms with Gasteiger partial charge in [-0.2, -0.15) is 4.31 Å². The summed E-state index contributed by atoms with van der Waals surface area (Å²) in [5, 5.41) is 4.73. The number of hydrogen-bond acceptors (Lipinski definition) is 5. The second-order valence-electron chi connectivity index (χ2n) is 9.01. The summed E-state index contributed by atoms with van der Waals surface area (Å²) in [4.78, 5) is 18.3. The summed E-state index contributed by atoms with van der Waals surface area (Å²) in [6.45, 7) is 4.76. The van der Waals surface area contributed by atoms with Crippen LogP contribution in [0.4, 0.5) is 4.39 Å². The fourth-order valence-electron chi connectivity index (χ4n) is 5.07. The van der Waals surface area contributed by atoms with Crippen molar-refractivity contribution in [1.82, 2.24) is 19.3 Å². The Balaban J connectivity index is 1.29. The zero-order valence-electron chi connectivity index (χ0n) is 19.2. The zero-order chi connectivity index (χ0) is 24.0. The minimum atomic E-state index is -3.78. The molecule has 0 bridgehead atoms. The van der Waals surface area contributed by atoms with Crippen LogP contribution < -0.4 is 0 Å². The molecule has 2 aliphatic heterocycles. The molecule has 1 atom stereocenters. The SMILES string of the molecule is Cc1noc(C)c1S(=O)(=O)N1CCCC(C(=O)N2CC=C(c3c[nH]c4cc(F)ccc34)CC2)C1. The highest BCUT2D eigenvalue weighted by Crippen LogP contribution is 2.32. The third-order valence-corrected chi connectivity index (χ3v) is 8.92. The Bertz CT molecular complexity index is 1370. The molecule has 3 aromatic rings. The summed E-state index contributed by atoms with van der Waals surface area (Å²) in [6.07, 6.45) is 5.89. The quantitative estimate of drug-likeness (QED) is 0.607. The lowest BCUT2D eigenvalue weighted by atomic mass is 9.95. The minimum absolute atomic E-state index is 0.0186. The molecule has 0 aliphatic carbocycles. The van der Waals surface area contributed by atoms with Gasteiger partial charge in [0.15, 0.2) is 5.76 Å². The predicted molar refractivity (Wildman–Crippen MR) is 125 cm³/mol. The first kappa shape index (κ1) is 22.8. The molecule has 1 fully saturated rings. The van der Waals surface area contributed by atoms with Crippen LogP contribution in [0.2, 0.25) is 0 Å². The number of benzene rings is 1. The number of amides is 1. The number of carbonyl (C=O) groups is 1. The summed E-state index contributed by atoms with van der Waals surface area (Å²) < 4.78 is 46.3. The maximum atomic E-state index is 13.5. The molecule has 0 radical (unpaired) electrons. The van der Waals surface area contributed by atoms with E-state index in [1.54, 1.807) is 24.8 Å². The largest absolute Gasteiger partial charge is 0.360 e. The summed E-state index contributed by atoms with van der Waals surface area (Å²) in [6, 6.07) is 4.69. The van der Waals surface area contributed by atoms with E-state index in [1.165, 1.54) is 16.4 Å². The van der Waals surface area contributed by atoms with Crippen LogP contribution in [0.3, 0.4) is 0 Å². The fraction of sp³-hybridized carbons (Fsp3) is 0.417. The van der Waals surface area contributed by atoms with Gasteiger partial charge in [-0.3, -0.25) is 4.79 Å². The molecule has 5 rings (SSSR count). The molecule has 10 heteroatoms. The lowest BCUT2D eigenvalue weighted by Crippen LogP contribution is -2.47. The van der Waals surface area contributed by atoms with Crippen molar-refractivity contribution in [2.45, 2.75) is 38.0 Å². The van der Waals surface area contributed by atoms with Crippen molar-refractivity contribution in [3.05, 3.63) is 53.3 Å². The van der Waals surface area contributed by atoms with Crippen LogP contribution in [-0.4, -0.2) is 59.8 Å². The van der Waals surface area contributed by atoms with Crippen molar-refractivity contribution in [3.8, 4) is 0 Å². The lowest BCUT2D eigenvalue weighted by Gasteiger charge is -2.35. The van der Waals surface area contributed by atoms with Crippen LogP contribution in [-0.2, 0) is 14.8 Å². The first-order valence-electron chi connectivity index (χ1n) is 11.4. The average Bonchev–Trinajstić information content (AvgIpc) is 3.41. The molecule has 1 N–H and O–H groups in total. The molecule has 0 saturated carbocycles. The third kappa shape index (κ3) is 3.94. The number of aromatic nitrogens is 2. The number of piperidine rings is 1. The second-order valence-corrected chi connectivity index (χ2v) is 10.9.